The van der Waals surface area contributed by atoms with E-state index < -0.39 is 6.03 Å². The Labute approximate surface area is 166 Å². The van der Waals surface area contributed by atoms with Gasteiger partial charge in [0.15, 0.2) is 0 Å². The summed E-state index contributed by atoms with van der Waals surface area (Å²) in [4.78, 5) is 26.3. The first-order chi connectivity index (χ1) is 13.6. The van der Waals surface area contributed by atoms with Crippen molar-refractivity contribution in [2.24, 2.45) is 0 Å². The standard InChI is InChI=1S/C21H18N2O4S/c1-14-3-2-4-15(11-14)13-27-16-5-7-17(8-6-16)28-18-9-10-26-20(18)23-12-19(24)22-21(23)25/h2-11H,12-13H2,1H3,(H,22,24,25). The number of rotatable bonds is 6. The van der Waals surface area contributed by atoms with Crippen LogP contribution in [0.3, 0.4) is 0 Å². The number of hydrogen-bond acceptors (Lipinski definition) is 5. The predicted molar refractivity (Wildman–Crippen MR) is 106 cm³/mol. The molecule has 3 amide bonds. The van der Waals surface area contributed by atoms with Gasteiger partial charge >= 0.3 is 6.03 Å². The molecule has 1 N–H and O–H groups in total. The van der Waals surface area contributed by atoms with Crippen molar-refractivity contribution in [2.75, 3.05) is 11.4 Å². The zero-order valence-corrected chi connectivity index (χ0v) is 16.0. The third-order valence-electron chi connectivity index (χ3n) is 4.19. The number of carbonyl (C=O) groups excluding carboxylic acids is 2. The number of anilines is 1. The molecule has 0 atom stereocenters. The number of benzene rings is 2. The van der Waals surface area contributed by atoms with Gasteiger partial charge in [-0.3, -0.25) is 15.0 Å². The first kappa shape index (κ1) is 18.2. The van der Waals surface area contributed by atoms with Crippen molar-refractivity contribution >= 4 is 29.6 Å². The first-order valence-corrected chi connectivity index (χ1v) is 9.55. The maximum absolute atomic E-state index is 11.9. The second-order valence-corrected chi connectivity index (χ2v) is 7.50. The van der Waals surface area contributed by atoms with Gasteiger partial charge in [-0.05, 0) is 42.8 Å². The highest BCUT2D eigenvalue weighted by Crippen LogP contribution is 2.37. The highest BCUT2D eigenvalue weighted by atomic mass is 32.2. The fraction of sp³-hybridized carbons (Fsp3) is 0.143. The van der Waals surface area contributed by atoms with Gasteiger partial charge < -0.3 is 9.15 Å². The molecule has 0 aliphatic carbocycles. The molecule has 0 unspecified atom stereocenters. The number of nitrogens with zero attached hydrogens (tertiary/aromatic N) is 1. The van der Waals surface area contributed by atoms with E-state index in [0.29, 0.717) is 12.5 Å². The smallest absolute Gasteiger partial charge is 0.331 e. The number of urea groups is 1. The zero-order valence-electron chi connectivity index (χ0n) is 15.2. The Hall–Kier alpha value is -3.19. The Morgan fingerprint density at radius 2 is 1.96 bits per heavy atom. The Kier molecular flexibility index (Phi) is 5.08. The molecule has 6 nitrogen and oxygen atoms in total. The molecule has 1 aliphatic rings. The van der Waals surface area contributed by atoms with Gasteiger partial charge in [-0.15, -0.1) is 0 Å². The van der Waals surface area contributed by atoms with Crippen LogP contribution in [0.2, 0.25) is 0 Å². The van der Waals surface area contributed by atoms with Crippen molar-refractivity contribution in [3.05, 3.63) is 72.0 Å². The van der Waals surface area contributed by atoms with Gasteiger partial charge in [-0.25, -0.2) is 4.79 Å². The lowest BCUT2D eigenvalue weighted by molar-refractivity contribution is -0.117. The number of carbonyl (C=O) groups is 2. The molecular weight excluding hydrogens is 376 g/mol. The molecule has 1 fully saturated rings. The van der Waals surface area contributed by atoms with E-state index in [1.807, 2.05) is 36.4 Å². The first-order valence-electron chi connectivity index (χ1n) is 8.73. The van der Waals surface area contributed by atoms with Gasteiger partial charge in [0.2, 0.25) is 11.8 Å². The normalized spacial score (nSPS) is 13.7. The van der Waals surface area contributed by atoms with Gasteiger partial charge in [0.1, 0.15) is 18.9 Å². The number of nitrogens with one attached hydrogen (secondary N) is 1. The van der Waals surface area contributed by atoms with Crippen LogP contribution in [0, 0.1) is 6.92 Å². The number of hydrogen-bond donors (Lipinski definition) is 1. The van der Waals surface area contributed by atoms with Crippen LogP contribution in [0.15, 0.2) is 75.1 Å². The quantitative estimate of drug-likeness (QED) is 0.629. The molecule has 0 spiro atoms. The largest absolute Gasteiger partial charge is 0.489 e. The number of imide groups is 1. The van der Waals surface area contributed by atoms with Crippen molar-refractivity contribution in [3.63, 3.8) is 0 Å². The summed E-state index contributed by atoms with van der Waals surface area (Å²) in [5, 5.41) is 2.25. The van der Waals surface area contributed by atoms with Crippen molar-refractivity contribution in [1.29, 1.82) is 0 Å². The van der Waals surface area contributed by atoms with Gasteiger partial charge in [-0.2, -0.15) is 0 Å². The highest BCUT2D eigenvalue weighted by Gasteiger charge is 2.31. The minimum Gasteiger partial charge on any atom is -0.489 e. The van der Waals surface area contributed by atoms with Crippen LogP contribution < -0.4 is 15.0 Å². The Morgan fingerprint density at radius 1 is 1.14 bits per heavy atom. The minimum atomic E-state index is -0.471. The lowest BCUT2D eigenvalue weighted by Crippen LogP contribution is -2.27. The molecule has 28 heavy (non-hydrogen) atoms. The SMILES string of the molecule is Cc1cccc(COc2ccc(Sc3ccoc3N3CC(=O)NC3=O)cc2)c1. The molecule has 4 rings (SSSR count). The van der Waals surface area contributed by atoms with Crippen LogP contribution in [0.1, 0.15) is 11.1 Å². The fourth-order valence-corrected chi connectivity index (χ4v) is 3.76. The maximum Gasteiger partial charge on any atom is 0.331 e. The number of amides is 3. The summed E-state index contributed by atoms with van der Waals surface area (Å²) in [5.41, 5.74) is 2.33. The van der Waals surface area contributed by atoms with Gasteiger partial charge in [0.05, 0.1) is 11.2 Å². The monoisotopic (exact) mass is 394 g/mol. The van der Waals surface area contributed by atoms with Crippen molar-refractivity contribution in [3.8, 4) is 5.75 Å². The molecule has 1 aliphatic heterocycles. The molecule has 0 saturated carbocycles. The van der Waals surface area contributed by atoms with Crippen LogP contribution in [-0.4, -0.2) is 18.5 Å². The summed E-state index contributed by atoms with van der Waals surface area (Å²) in [5.74, 6) is 0.809. The van der Waals surface area contributed by atoms with Crippen LogP contribution >= 0.6 is 11.8 Å². The predicted octanol–water partition coefficient (Wildman–Crippen LogP) is 4.37. The van der Waals surface area contributed by atoms with Crippen LogP contribution in [0.25, 0.3) is 0 Å². The fourth-order valence-electron chi connectivity index (χ4n) is 2.87. The topological polar surface area (TPSA) is 71.8 Å². The van der Waals surface area contributed by atoms with E-state index in [1.54, 1.807) is 6.07 Å². The Balaban J connectivity index is 1.41. The maximum atomic E-state index is 11.9. The van der Waals surface area contributed by atoms with Gasteiger partial charge in [0, 0.05) is 4.90 Å². The summed E-state index contributed by atoms with van der Waals surface area (Å²) in [6.45, 7) is 2.53. The second kappa shape index (κ2) is 7.82. The molecule has 7 heteroatoms. The number of aryl methyl sites for hydroxylation is 1. The molecule has 0 radical (unpaired) electrons. The average Bonchev–Trinajstić information content (AvgIpc) is 3.26. The van der Waals surface area contributed by atoms with E-state index in [1.165, 1.54) is 28.5 Å². The van der Waals surface area contributed by atoms with Gasteiger partial charge in [-0.1, -0.05) is 41.6 Å². The molecule has 1 aromatic heterocycles. The lowest BCUT2D eigenvalue weighted by Gasteiger charge is -2.12. The van der Waals surface area contributed by atoms with Crippen LogP contribution in [0.5, 0.6) is 5.75 Å². The van der Waals surface area contributed by atoms with Crippen LogP contribution in [0.4, 0.5) is 10.7 Å². The van der Waals surface area contributed by atoms with E-state index in [9.17, 15) is 9.59 Å². The van der Waals surface area contributed by atoms with Crippen LogP contribution in [-0.2, 0) is 11.4 Å². The molecule has 142 valence electrons. The molecule has 0 bridgehead atoms. The molecule has 3 aromatic rings. The molecule has 2 heterocycles. The van der Waals surface area contributed by atoms with E-state index in [4.69, 9.17) is 9.15 Å². The van der Waals surface area contributed by atoms with Crippen molar-refractivity contribution in [2.45, 2.75) is 23.3 Å². The Bertz CT molecular complexity index is 1010. The number of furan rings is 1. The summed E-state index contributed by atoms with van der Waals surface area (Å²) in [7, 11) is 0. The Morgan fingerprint density at radius 3 is 2.68 bits per heavy atom. The highest BCUT2D eigenvalue weighted by molar-refractivity contribution is 7.99. The lowest BCUT2D eigenvalue weighted by atomic mass is 10.1. The van der Waals surface area contributed by atoms with E-state index >= 15 is 0 Å². The van der Waals surface area contributed by atoms with Crippen molar-refractivity contribution in [1.82, 2.24) is 5.32 Å². The minimum absolute atomic E-state index is 0.0361. The van der Waals surface area contributed by atoms with E-state index in [2.05, 4.69) is 24.4 Å². The number of ether oxygens (including phenoxy) is 1. The summed E-state index contributed by atoms with van der Waals surface area (Å²) in [6, 6.07) is 17.2. The zero-order chi connectivity index (χ0) is 19.5. The molecule has 2 aromatic carbocycles. The van der Waals surface area contributed by atoms with E-state index in [-0.39, 0.29) is 12.5 Å². The molecule has 1 saturated heterocycles. The van der Waals surface area contributed by atoms with E-state index in [0.717, 1.165) is 21.1 Å². The molecular formula is C21H18N2O4S. The summed E-state index contributed by atoms with van der Waals surface area (Å²) >= 11 is 1.45. The average molecular weight is 394 g/mol. The summed E-state index contributed by atoms with van der Waals surface area (Å²) < 4.78 is 11.3. The summed E-state index contributed by atoms with van der Waals surface area (Å²) in [6.07, 6.45) is 1.51. The second-order valence-electron chi connectivity index (χ2n) is 6.38. The third-order valence-corrected chi connectivity index (χ3v) is 5.23. The van der Waals surface area contributed by atoms with Gasteiger partial charge in [0.25, 0.3) is 0 Å². The van der Waals surface area contributed by atoms with Crippen molar-refractivity contribution < 1.29 is 18.7 Å². The third kappa shape index (κ3) is 4.04.